The van der Waals surface area contributed by atoms with Crippen LogP contribution in [-0.2, 0) is 19.6 Å². The van der Waals surface area contributed by atoms with Crippen LogP contribution in [0.2, 0.25) is 0 Å². The van der Waals surface area contributed by atoms with Crippen LogP contribution in [0.1, 0.15) is 19.8 Å². The summed E-state index contributed by atoms with van der Waals surface area (Å²) in [5, 5.41) is 6.03. The van der Waals surface area contributed by atoms with Crippen molar-refractivity contribution in [2.45, 2.75) is 25.4 Å². The largest absolute Gasteiger partial charge is 0.494 e. The van der Waals surface area contributed by atoms with E-state index in [1.165, 1.54) is 14.2 Å². The second kappa shape index (κ2) is 9.40. The molecule has 1 aliphatic rings. The van der Waals surface area contributed by atoms with Gasteiger partial charge in [0.05, 0.1) is 18.6 Å². The van der Waals surface area contributed by atoms with Crippen LogP contribution < -0.4 is 20.1 Å². The summed E-state index contributed by atoms with van der Waals surface area (Å²) >= 11 is 0. The summed E-state index contributed by atoms with van der Waals surface area (Å²) in [5.41, 5.74) is -0.0250. The van der Waals surface area contributed by atoms with Gasteiger partial charge in [0.25, 0.3) is 5.91 Å². The van der Waals surface area contributed by atoms with Gasteiger partial charge in [-0.1, -0.05) is 0 Å². The lowest BCUT2D eigenvalue weighted by Gasteiger charge is -2.34. The van der Waals surface area contributed by atoms with E-state index in [1.54, 1.807) is 25.1 Å². The number of amides is 1. The predicted octanol–water partition coefficient (Wildman–Crippen LogP) is 1.59. The summed E-state index contributed by atoms with van der Waals surface area (Å²) in [6, 6.07) is 4.76. The molecule has 1 aromatic rings. The Morgan fingerprint density at radius 3 is 2.46 bits per heavy atom. The fraction of sp³-hybridized carbons (Fsp3) is 0.562. The van der Waals surface area contributed by atoms with Crippen molar-refractivity contribution in [3.8, 4) is 5.75 Å². The first-order chi connectivity index (χ1) is 11.9. The number of sulfonamides is 1. The summed E-state index contributed by atoms with van der Waals surface area (Å²) in [6.45, 7) is 2.97. The molecular formula is C16H26ClN3O5S. The van der Waals surface area contributed by atoms with E-state index in [-0.39, 0.29) is 24.1 Å². The first-order valence-electron chi connectivity index (χ1n) is 8.11. The molecule has 0 atom stereocenters. The molecule has 0 spiro atoms. The molecule has 1 saturated heterocycles. The summed E-state index contributed by atoms with van der Waals surface area (Å²) < 4.78 is 36.6. The normalized spacial score (nSPS) is 16.3. The number of carbonyl (C=O) groups is 1. The van der Waals surface area contributed by atoms with Crippen molar-refractivity contribution < 1.29 is 22.7 Å². The third-order valence-corrected chi connectivity index (χ3v) is 5.61. The minimum atomic E-state index is -3.42. The van der Waals surface area contributed by atoms with E-state index < -0.39 is 15.6 Å². The van der Waals surface area contributed by atoms with Gasteiger partial charge in [-0.15, -0.1) is 12.4 Å². The maximum absolute atomic E-state index is 12.7. The van der Waals surface area contributed by atoms with Gasteiger partial charge in [0.15, 0.2) is 0 Å². The number of piperidine rings is 1. The second-order valence-corrected chi connectivity index (χ2v) is 7.83. The van der Waals surface area contributed by atoms with Crippen LogP contribution in [0.4, 0.5) is 11.4 Å². The first-order valence-corrected chi connectivity index (χ1v) is 9.77. The molecule has 1 fully saturated rings. The molecular weight excluding hydrogens is 382 g/mol. The number of halogens is 1. The highest BCUT2D eigenvalue weighted by atomic mass is 35.5. The molecule has 8 nitrogen and oxygen atoms in total. The summed E-state index contributed by atoms with van der Waals surface area (Å²) in [4.78, 5) is 12.7. The Hall–Kier alpha value is -1.55. The lowest BCUT2D eigenvalue weighted by atomic mass is 9.91. The van der Waals surface area contributed by atoms with Crippen molar-refractivity contribution in [1.29, 1.82) is 0 Å². The molecule has 10 heteroatoms. The van der Waals surface area contributed by atoms with Crippen LogP contribution in [0.5, 0.6) is 5.75 Å². The third-order valence-electron chi connectivity index (χ3n) is 4.32. The Kier molecular flexibility index (Phi) is 8.14. The molecule has 2 rings (SSSR count). The van der Waals surface area contributed by atoms with Gasteiger partial charge in [-0.2, -0.15) is 0 Å². The number of hydrogen-bond acceptors (Lipinski definition) is 6. The molecule has 0 aromatic heterocycles. The van der Waals surface area contributed by atoms with Crippen LogP contribution in [-0.4, -0.2) is 53.0 Å². The van der Waals surface area contributed by atoms with Gasteiger partial charge in [0.1, 0.15) is 11.4 Å². The van der Waals surface area contributed by atoms with Gasteiger partial charge in [-0.3, -0.25) is 9.52 Å². The number of hydrogen-bond donors (Lipinski definition) is 3. The summed E-state index contributed by atoms with van der Waals surface area (Å²) in [5.74, 6) is 0.0611. The van der Waals surface area contributed by atoms with E-state index >= 15 is 0 Å². The lowest BCUT2D eigenvalue weighted by Crippen LogP contribution is -2.51. The molecule has 0 saturated carbocycles. The summed E-state index contributed by atoms with van der Waals surface area (Å²) in [7, 11) is -0.442. The molecule has 0 aliphatic carbocycles. The molecule has 1 heterocycles. The molecule has 0 bridgehead atoms. The van der Waals surface area contributed by atoms with Crippen LogP contribution in [0, 0.1) is 0 Å². The van der Waals surface area contributed by atoms with Gasteiger partial charge in [0, 0.05) is 18.9 Å². The number of carbonyl (C=O) groups excluding carboxylic acids is 1. The molecule has 1 aromatic carbocycles. The number of rotatable bonds is 7. The fourth-order valence-corrected chi connectivity index (χ4v) is 3.34. The predicted molar refractivity (Wildman–Crippen MR) is 104 cm³/mol. The molecule has 26 heavy (non-hydrogen) atoms. The highest BCUT2D eigenvalue weighted by Gasteiger charge is 2.39. The molecule has 3 N–H and O–H groups in total. The van der Waals surface area contributed by atoms with Gasteiger partial charge in [-0.25, -0.2) is 8.42 Å². The maximum Gasteiger partial charge on any atom is 0.256 e. The Morgan fingerprint density at radius 1 is 1.27 bits per heavy atom. The van der Waals surface area contributed by atoms with E-state index in [0.29, 0.717) is 43.1 Å². The van der Waals surface area contributed by atoms with Crippen molar-refractivity contribution in [1.82, 2.24) is 5.32 Å². The second-order valence-electron chi connectivity index (χ2n) is 5.82. The lowest BCUT2D eigenvalue weighted by molar-refractivity contribution is -0.140. The van der Waals surface area contributed by atoms with Crippen molar-refractivity contribution in [3.63, 3.8) is 0 Å². The average Bonchev–Trinajstić information content (AvgIpc) is 2.63. The van der Waals surface area contributed by atoms with Crippen LogP contribution >= 0.6 is 12.4 Å². The smallest absolute Gasteiger partial charge is 0.256 e. The maximum atomic E-state index is 12.7. The van der Waals surface area contributed by atoms with Crippen molar-refractivity contribution >= 4 is 39.7 Å². The van der Waals surface area contributed by atoms with Crippen molar-refractivity contribution in [2.24, 2.45) is 0 Å². The number of nitrogens with one attached hydrogen (secondary N) is 3. The van der Waals surface area contributed by atoms with Crippen LogP contribution in [0.25, 0.3) is 0 Å². The topological polar surface area (TPSA) is 106 Å². The molecule has 1 aliphatic heterocycles. The number of anilines is 2. The highest BCUT2D eigenvalue weighted by molar-refractivity contribution is 7.92. The van der Waals surface area contributed by atoms with E-state index in [9.17, 15) is 13.2 Å². The monoisotopic (exact) mass is 407 g/mol. The van der Waals surface area contributed by atoms with Gasteiger partial charge in [-0.05, 0) is 45.0 Å². The third kappa shape index (κ3) is 5.23. The van der Waals surface area contributed by atoms with Gasteiger partial charge < -0.3 is 20.1 Å². The minimum Gasteiger partial charge on any atom is -0.494 e. The van der Waals surface area contributed by atoms with Gasteiger partial charge >= 0.3 is 0 Å². The zero-order valence-corrected chi connectivity index (χ0v) is 16.8. The molecule has 148 valence electrons. The number of ether oxygens (including phenoxy) is 2. The molecule has 0 radical (unpaired) electrons. The first kappa shape index (κ1) is 22.5. The van der Waals surface area contributed by atoms with Gasteiger partial charge in [0.2, 0.25) is 10.0 Å². The zero-order valence-electron chi connectivity index (χ0n) is 15.1. The Morgan fingerprint density at radius 2 is 1.92 bits per heavy atom. The average molecular weight is 408 g/mol. The highest BCUT2D eigenvalue weighted by Crippen LogP contribution is 2.30. The Balaban J connectivity index is 0.00000338. The quantitative estimate of drug-likeness (QED) is 0.633. The Bertz CT molecular complexity index is 721. The summed E-state index contributed by atoms with van der Waals surface area (Å²) in [6.07, 6.45) is 1.17. The van der Waals surface area contributed by atoms with Crippen molar-refractivity contribution in [3.05, 3.63) is 18.2 Å². The number of methoxy groups -OCH3 is 2. The van der Waals surface area contributed by atoms with E-state index in [0.717, 1.165) is 0 Å². The standard InChI is InChI=1S/C16H25N3O5S.ClH/c1-4-25(21,22)19-13-6-5-12(11-14(13)23-2)18-15(20)16(24-3)7-9-17-10-8-16;/h5-6,11,17,19H,4,7-10H2,1-3H3,(H,18,20);1H. The van der Waals surface area contributed by atoms with Crippen molar-refractivity contribution in [2.75, 3.05) is 43.1 Å². The molecule has 1 amide bonds. The Labute approximate surface area is 160 Å². The zero-order chi connectivity index (χ0) is 18.5. The SMILES string of the molecule is CCS(=O)(=O)Nc1ccc(NC(=O)C2(OC)CCNCC2)cc1OC.Cl. The van der Waals surface area contributed by atoms with E-state index in [4.69, 9.17) is 9.47 Å². The van der Waals surface area contributed by atoms with Crippen LogP contribution in [0.3, 0.4) is 0 Å². The fourth-order valence-electron chi connectivity index (χ4n) is 2.69. The minimum absolute atomic E-state index is 0. The van der Waals surface area contributed by atoms with E-state index in [2.05, 4.69) is 15.4 Å². The van der Waals surface area contributed by atoms with Crippen LogP contribution in [0.15, 0.2) is 18.2 Å². The molecule has 0 unspecified atom stereocenters. The van der Waals surface area contributed by atoms with E-state index in [1.807, 2.05) is 0 Å². The number of benzene rings is 1.